The standard InChI is InChI=1S/C19H19NO3/c1-19(2,20)17(21)18(22)23-11-16-14-9-5-3-7-12(14)13-8-4-6-10-15(13)16/h3-10,16H,11,20H2,1-2H3. The second-order valence-electron chi connectivity index (χ2n) is 6.38. The van der Waals surface area contributed by atoms with Crippen LogP contribution in [0.5, 0.6) is 0 Å². The fourth-order valence-corrected chi connectivity index (χ4v) is 2.93. The van der Waals surface area contributed by atoms with Crippen LogP contribution in [0.3, 0.4) is 0 Å². The van der Waals surface area contributed by atoms with E-state index in [1.165, 1.54) is 13.8 Å². The van der Waals surface area contributed by atoms with E-state index >= 15 is 0 Å². The number of benzene rings is 2. The number of hydrogen-bond acceptors (Lipinski definition) is 4. The number of rotatable bonds is 4. The van der Waals surface area contributed by atoms with Crippen LogP contribution in [0.15, 0.2) is 48.5 Å². The lowest BCUT2D eigenvalue weighted by Crippen LogP contribution is -2.46. The Morgan fingerprint density at radius 3 is 1.96 bits per heavy atom. The van der Waals surface area contributed by atoms with Crippen molar-refractivity contribution in [2.75, 3.05) is 6.61 Å². The van der Waals surface area contributed by atoms with E-state index in [1.807, 2.05) is 36.4 Å². The third kappa shape index (κ3) is 2.78. The number of carbonyl (C=O) groups excluding carboxylic acids is 2. The van der Waals surface area contributed by atoms with Gasteiger partial charge in [0.15, 0.2) is 0 Å². The highest BCUT2D eigenvalue weighted by molar-refractivity contribution is 6.37. The summed E-state index contributed by atoms with van der Waals surface area (Å²) in [7, 11) is 0. The summed E-state index contributed by atoms with van der Waals surface area (Å²) in [6.07, 6.45) is 0. The molecule has 0 fully saturated rings. The molecule has 118 valence electrons. The molecule has 1 aliphatic rings. The molecule has 23 heavy (non-hydrogen) atoms. The molecule has 2 aromatic carbocycles. The molecule has 2 N–H and O–H groups in total. The number of ketones is 1. The maximum atomic E-state index is 11.9. The Kier molecular flexibility index (Phi) is 3.78. The van der Waals surface area contributed by atoms with Gasteiger partial charge in [0.25, 0.3) is 5.78 Å². The maximum absolute atomic E-state index is 11.9. The van der Waals surface area contributed by atoms with Crippen molar-refractivity contribution in [3.8, 4) is 11.1 Å². The summed E-state index contributed by atoms with van der Waals surface area (Å²) >= 11 is 0. The summed E-state index contributed by atoms with van der Waals surface area (Å²) in [5, 5.41) is 0. The van der Waals surface area contributed by atoms with E-state index in [2.05, 4.69) is 12.1 Å². The van der Waals surface area contributed by atoms with Gasteiger partial charge in [0.1, 0.15) is 6.61 Å². The molecule has 0 radical (unpaired) electrons. The molecular formula is C19H19NO3. The van der Waals surface area contributed by atoms with E-state index in [9.17, 15) is 9.59 Å². The third-order valence-corrected chi connectivity index (χ3v) is 4.11. The molecule has 0 unspecified atom stereocenters. The summed E-state index contributed by atoms with van der Waals surface area (Å²) in [6.45, 7) is 3.13. The molecule has 0 saturated carbocycles. The summed E-state index contributed by atoms with van der Waals surface area (Å²) in [4.78, 5) is 23.8. The van der Waals surface area contributed by atoms with Crippen molar-refractivity contribution < 1.29 is 14.3 Å². The van der Waals surface area contributed by atoms with E-state index in [4.69, 9.17) is 10.5 Å². The lowest BCUT2D eigenvalue weighted by atomic mass is 9.98. The summed E-state index contributed by atoms with van der Waals surface area (Å²) < 4.78 is 5.26. The zero-order valence-electron chi connectivity index (χ0n) is 13.2. The van der Waals surface area contributed by atoms with Crippen molar-refractivity contribution in [1.82, 2.24) is 0 Å². The number of nitrogens with two attached hydrogens (primary N) is 1. The van der Waals surface area contributed by atoms with Gasteiger partial charge < -0.3 is 10.5 Å². The molecule has 0 heterocycles. The van der Waals surface area contributed by atoms with Crippen molar-refractivity contribution in [3.05, 3.63) is 59.7 Å². The van der Waals surface area contributed by atoms with Crippen molar-refractivity contribution >= 4 is 11.8 Å². The zero-order chi connectivity index (χ0) is 16.6. The first-order valence-corrected chi connectivity index (χ1v) is 7.58. The highest BCUT2D eigenvalue weighted by atomic mass is 16.5. The van der Waals surface area contributed by atoms with Crippen LogP contribution in [0.2, 0.25) is 0 Å². The Morgan fingerprint density at radius 1 is 1.00 bits per heavy atom. The Morgan fingerprint density at radius 2 is 1.48 bits per heavy atom. The van der Waals surface area contributed by atoms with Gasteiger partial charge in [-0.05, 0) is 36.1 Å². The minimum atomic E-state index is -1.22. The van der Waals surface area contributed by atoms with E-state index in [1.54, 1.807) is 0 Å². The summed E-state index contributed by atoms with van der Waals surface area (Å²) in [5.74, 6) is -1.64. The quantitative estimate of drug-likeness (QED) is 0.696. The van der Waals surface area contributed by atoms with Crippen molar-refractivity contribution in [3.63, 3.8) is 0 Å². The monoisotopic (exact) mass is 309 g/mol. The van der Waals surface area contributed by atoms with Gasteiger partial charge in [0, 0.05) is 5.92 Å². The Hall–Kier alpha value is -2.46. The number of esters is 1. The lowest BCUT2D eigenvalue weighted by molar-refractivity contribution is -0.156. The first kappa shape index (κ1) is 15.4. The van der Waals surface area contributed by atoms with Gasteiger partial charge in [-0.1, -0.05) is 48.5 Å². The van der Waals surface area contributed by atoms with Gasteiger partial charge in [-0.2, -0.15) is 0 Å². The lowest BCUT2D eigenvalue weighted by Gasteiger charge is -2.17. The largest absolute Gasteiger partial charge is 0.459 e. The van der Waals surface area contributed by atoms with Crippen molar-refractivity contribution in [2.24, 2.45) is 5.73 Å². The number of hydrogen-bond donors (Lipinski definition) is 1. The Labute approximate surface area is 135 Å². The molecule has 4 nitrogen and oxygen atoms in total. The molecular weight excluding hydrogens is 290 g/mol. The molecule has 2 aromatic rings. The van der Waals surface area contributed by atoms with E-state index < -0.39 is 17.3 Å². The van der Waals surface area contributed by atoms with Crippen LogP contribution in [0.25, 0.3) is 11.1 Å². The molecule has 3 rings (SSSR count). The number of fused-ring (bicyclic) bond motifs is 3. The zero-order valence-corrected chi connectivity index (χ0v) is 13.2. The molecule has 0 amide bonds. The van der Waals surface area contributed by atoms with Crippen LogP contribution in [-0.4, -0.2) is 23.9 Å². The average Bonchev–Trinajstić information content (AvgIpc) is 2.85. The van der Waals surface area contributed by atoms with Crippen LogP contribution in [-0.2, 0) is 14.3 Å². The maximum Gasteiger partial charge on any atom is 0.376 e. The first-order chi connectivity index (χ1) is 10.9. The van der Waals surface area contributed by atoms with Gasteiger partial charge in [-0.3, -0.25) is 4.79 Å². The predicted octanol–water partition coefficient (Wildman–Crippen LogP) is 2.65. The molecule has 0 aliphatic heterocycles. The van der Waals surface area contributed by atoms with Gasteiger partial charge in [0.2, 0.25) is 0 Å². The highest BCUT2D eigenvalue weighted by Crippen LogP contribution is 2.44. The van der Waals surface area contributed by atoms with Crippen molar-refractivity contribution in [2.45, 2.75) is 25.3 Å². The smallest absolute Gasteiger partial charge is 0.376 e. The van der Waals surface area contributed by atoms with Crippen LogP contribution in [0, 0.1) is 0 Å². The molecule has 4 heteroatoms. The SMILES string of the molecule is CC(C)(N)C(=O)C(=O)OCC1c2ccccc2-c2ccccc21. The normalized spacial score (nSPS) is 13.3. The minimum absolute atomic E-state index is 0.0555. The minimum Gasteiger partial charge on any atom is -0.459 e. The third-order valence-electron chi connectivity index (χ3n) is 4.11. The second kappa shape index (κ2) is 5.63. The van der Waals surface area contributed by atoms with E-state index in [0.717, 1.165) is 22.3 Å². The highest BCUT2D eigenvalue weighted by Gasteiger charge is 2.33. The second-order valence-corrected chi connectivity index (χ2v) is 6.38. The molecule has 0 atom stereocenters. The van der Waals surface area contributed by atoms with Crippen LogP contribution in [0.1, 0.15) is 30.9 Å². The van der Waals surface area contributed by atoms with Gasteiger partial charge in [-0.25, -0.2) is 4.79 Å². The molecule has 0 bridgehead atoms. The topological polar surface area (TPSA) is 69.4 Å². The van der Waals surface area contributed by atoms with Gasteiger partial charge in [-0.15, -0.1) is 0 Å². The fraction of sp³-hybridized carbons (Fsp3) is 0.263. The van der Waals surface area contributed by atoms with Gasteiger partial charge in [0.05, 0.1) is 5.54 Å². The predicted molar refractivity (Wildman–Crippen MR) is 88.0 cm³/mol. The number of Topliss-reactive ketones (excluding diaryl/α,β-unsaturated/α-hetero) is 1. The Bertz CT molecular complexity index is 729. The van der Waals surface area contributed by atoms with Crippen LogP contribution >= 0.6 is 0 Å². The van der Waals surface area contributed by atoms with Crippen molar-refractivity contribution in [1.29, 1.82) is 0 Å². The summed E-state index contributed by atoms with van der Waals surface area (Å²) in [6, 6.07) is 16.1. The van der Waals surface area contributed by atoms with Gasteiger partial charge >= 0.3 is 5.97 Å². The molecule has 0 saturated heterocycles. The number of ether oxygens (including phenoxy) is 1. The summed E-state index contributed by atoms with van der Waals surface area (Å²) in [5.41, 5.74) is 8.97. The Balaban J connectivity index is 1.84. The average molecular weight is 309 g/mol. The van der Waals surface area contributed by atoms with E-state index in [0.29, 0.717) is 0 Å². The molecule has 0 spiro atoms. The number of carbonyl (C=O) groups is 2. The van der Waals surface area contributed by atoms with Crippen LogP contribution in [0.4, 0.5) is 0 Å². The molecule has 1 aliphatic carbocycles. The van der Waals surface area contributed by atoms with Crippen LogP contribution < -0.4 is 5.73 Å². The molecule has 0 aromatic heterocycles. The first-order valence-electron chi connectivity index (χ1n) is 7.58. The fourth-order valence-electron chi connectivity index (χ4n) is 2.93. The van der Waals surface area contributed by atoms with E-state index in [-0.39, 0.29) is 12.5 Å².